The van der Waals surface area contributed by atoms with Gasteiger partial charge in [-0.15, -0.1) is 4.40 Å². The summed E-state index contributed by atoms with van der Waals surface area (Å²) in [6.45, 7) is 0.640. The first-order valence-electron chi connectivity index (χ1n) is 7.88. The molecule has 1 fully saturated rings. The normalized spacial score (nSPS) is 21.0. The van der Waals surface area contributed by atoms with Crippen LogP contribution in [0, 0.1) is 5.92 Å². The van der Waals surface area contributed by atoms with E-state index in [0.29, 0.717) is 23.5 Å². The van der Waals surface area contributed by atoms with E-state index in [4.69, 9.17) is 10.5 Å². The second kappa shape index (κ2) is 6.28. The van der Waals surface area contributed by atoms with Crippen LogP contribution in [0.3, 0.4) is 0 Å². The van der Waals surface area contributed by atoms with E-state index >= 15 is 0 Å². The summed E-state index contributed by atoms with van der Waals surface area (Å²) in [6, 6.07) is 5.41. The minimum Gasteiger partial charge on any atom is -0.493 e. The van der Waals surface area contributed by atoms with Crippen molar-refractivity contribution in [3.8, 4) is 5.75 Å². The summed E-state index contributed by atoms with van der Waals surface area (Å²) in [5, 5.41) is 0. The van der Waals surface area contributed by atoms with Crippen molar-refractivity contribution in [1.82, 2.24) is 0 Å². The minimum atomic E-state index is -3.49. The van der Waals surface area contributed by atoms with Crippen LogP contribution in [-0.2, 0) is 15.8 Å². The number of nitrogens with zero attached hydrogens (tertiary/aromatic N) is 1. The van der Waals surface area contributed by atoms with Crippen LogP contribution in [0.25, 0.3) is 0 Å². The molecule has 1 saturated carbocycles. The highest BCUT2D eigenvalue weighted by Crippen LogP contribution is 2.30. The quantitative estimate of drug-likeness (QED) is 0.923. The van der Waals surface area contributed by atoms with Crippen LogP contribution in [0.1, 0.15) is 49.7 Å². The number of rotatable bonds is 4. The molecule has 0 unspecified atom stereocenters. The van der Waals surface area contributed by atoms with Crippen molar-refractivity contribution in [2.75, 3.05) is 6.61 Å². The predicted molar refractivity (Wildman–Crippen MR) is 86.5 cm³/mol. The molecule has 0 bridgehead atoms. The summed E-state index contributed by atoms with van der Waals surface area (Å²) in [5.41, 5.74) is 7.14. The molecule has 0 aromatic heterocycles. The average molecular weight is 322 g/mol. The first kappa shape index (κ1) is 15.3. The Morgan fingerprint density at radius 1 is 1.23 bits per heavy atom. The summed E-state index contributed by atoms with van der Waals surface area (Å²) in [6.07, 6.45) is 7.62. The Morgan fingerprint density at radius 3 is 2.77 bits per heavy atom. The van der Waals surface area contributed by atoms with Crippen molar-refractivity contribution in [3.05, 3.63) is 29.3 Å². The Kier molecular flexibility index (Phi) is 4.38. The van der Waals surface area contributed by atoms with E-state index in [0.717, 1.165) is 12.3 Å². The van der Waals surface area contributed by atoms with Crippen molar-refractivity contribution in [1.29, 1.82) is 0 Å². The van der Waals surface area contributed by atoms with Gasteiger partial charge in [-0.3, -0.25) is 0 Å². The molecule has 1 aliphatic heterocycles. The fourth-order valence-corrected chi connectivity index (χ4v) is 4.43. The summed E-state index contributed by atoms with van der Waals surface area (Å²) >= 11 is 0. The first-order chi connectivity index (χ1) is 10.6. The van der Waals surface area contributed by atoms with Gasteiger partial charge < -0.3 is 10.5 Å². The van der Waals surface area contributed by atoms with E-state index in [1.54, 1.807) is 6.07 Å². The fourth-order valence-electron chi connectivity index (χ4n) is 3.34. The molecule has 1 heterocycles. The molecule has 0 spiro atoms. The maximum absolute atomic E-state index is 11.6. The third-order valence-electron chi connectivity index (χ3n) is 4.45. The van der Waals surface area contributed by atoms with Gasteiger partial charge in [0.15, 0.2) is 0 Å². The van der Waals surface area contributed by atoms with Gasteiger partial charge in [0.25, 0.3) is 10.0 Å². The van der Waals surface area contributed by atoms with E-state index in [2.05, 4.69) is 4.40 Å². The Bertz CT molecular complexity index is 677. The Morgan fingerprint density at radius 2 is 2.00 bits per heavy atom. The highest BCUT2D eigenvalue weighted by Gasteiger charge is 2.25. The number of hydrogen-bond donors (Lipinski definition) is 1. The van der Waals surface area contributed by atoms with Gasteiger partial charge in [0.2, 0.25) is 0 Å². The van der Waals surface area contributed by atoms with Crippen LogP contribution in [0.15, 0.2) is 22.6 Å². The Balaban J connectivity index is 1.70. The van der Waals surface area contributed by atoms with Crippen molar-refractivity contribution in [2.45, 2.75) is 44.3 Å². The largest absolute Gasteiger partial charge is 0.493 e. The maximum atomic E-state index is 11.6. The second-order valence-electron chi connectivity index (χ2n) is 6.13. The topological polar surface area (TPSA) is 81.8 Å². The van der Waals surface area contributed by atoms with Crippen molar-refractivity contribution < 1.29 is 13.2 Å². The summed E-state index contributed by atoms with van der Waals surface area (Å²) in [4.78, 5) is 0. The second-order valence-corrected chi connectivity index (χ2v) is 7.77. The van der Waals surface area contributed by atoms with Crippen molar-refractivity contribution in [3.63, 3.8) is 0 Å². The Labute approximate surface area is 131 Å². The summed E-state index contributed by atoms with van der Waals surface area (Å²) in [7, 11) is -3.49. The van der Waals surface area contributed by atoms with Crippen LogP contribution in [-0.4, -0.2) is 20.9 Å². The number of benzene rings is 1. The van der Waals surface area contributed by atoms with Gasteiger partial charge in [0, 0.05) is 0 Å². The monoisotopic (exact) mass is 322 g/mol. The molecule has 2 N–H and O–H groups in total. The van der Waals surface area contributed by atoms with Gasteiger partial charge >= 0.3 is 0 Å². The predicted octanol–water partition coefficient (Wildman–Crippen LogP) is 2.58. The number of fused-ring (bicyclic) bond motifs is 1. The maximum Gasteiger partial charge on any atom is 0.259 e. The number of sulfonamides is 1. The number of nitrogens with two attached hydrogens (primary N) is 1. The van der Waals surface area contributed by atoms with Crippen LogP contribution < -0.4 is 10.5 Å². The lowest BCUT2D eigenvalue weighted by molar-refractivity contribution is 0.246. The lowest BCUT2D eigenvalue weighted by atomic mass is 9.87. The van der Waals surface area contributed by atoms with Crippen LogP contribution in [0.5, 0.6) is 5.75 Å². The molecule has 0 saturated heterocycles. The molecule has 1 aromatic carbocycles. The first-order valence-corrected chi connectivity index (χ1v) is 9.49. The van der Waals surface area contributed by atoms with Crippen molar-refractivity contribution >= 4 is 15.9 Å². The molecule has 3 rings (SSSR count). The average Bonchev–Trinajstić information content (AvgIpc) is 2.46. The number of ether oxygens (including phenoxy) is 1. The zero-order valence-electron chi connectivity index (χ0n) is 12.6. The molecule has 6 heteroatoms. The highest BCUT2D eigenvalue weighted by molar-refractivity contribution is 7.89. The standard InChI is InChI=1S/C16H22N2O3S/c17-16-15-13(11-22(19,20)18-16)7-4-8-14(15)21-10-9-12-5-2-1-3-6-12/h4,7-8,12H,1-3,5-6,9-11H2,(H2,17,18). The molecule has 5 nitrogen and oxygen atoms in total. The van der Waals surface area contributed by atoms with Crippen LogP contribution in [0.4, 0.5) is 0 Å². The summed E-state index contributed by atoms with van der Waals surface area (Å²) < 4.78 is 32.8. The SMILES string of the molecule is NC1=NS(=O)(=O)Cc2cccc(OCCC3CCCCC3)c21. The number of amidine groups is 1. The lowest BCUT2D eigenvalue weighted by Crippen LogP contribution is -2.25. The smallest absolute Gasteiger partial charge is 0.259 e. The van der Waals surface area contributed by atoms with Gasteiger partial charge in [-0.25, -0.2) is 8.42 Å². The lowest BCUT2D eigenvalue weighted by Gasteiger charge is -2.22. The van der Waals surface area contributed by atoms with Gasteiger partial charge in [0.05, 0.1) is 17.9 Å². The highest BCUT2D eigenvalue weighted by atomic mass is 32.2. The molecule has 0 amide bonds. The van der Waals surface area contributed by atoms with Gasteiger partial charge in [-0.1, -0.05) is 44.2 Å². The fraction of sp³-hybridized carbons (Fsp3) is 0.562. The number of hydrogen-bond acceptors (Lipinski definition) is 4. The van der Waals surface area contributed by atoms with Crippen LogP contribution in [0.2, 0.25) is 0 Å². The van der Waals surface area contributed by atoms with E-state index < -0.39 is 10.0 Å². The van der Waals surface area contributed by atoms with Crippen LogP contribution >= 0.6 is 0 Å². The molecule has 2 aliphatic rings. The molecular weight excluding hydrogens is 300 g/mol. The molecule has 1 aromatic rings. The minimum absolute atomic E-state index is 0.0366. The van der Waals surface area contributed by atoms with Crippen molar-refractivity contribution in [2.24, 2.45) is 16.0 Å². The van der Waals surface area contributed by atoms with E-state index in [-0.39, 0.29) is 11.6 Å². The van der Waals surface area contributed by atoms with Gasteiger partial charge in [-0.2, -0.15) is 0 Å². The molecular formula is C16H22N2O3S. The molecule has 120 valence electrons. The third-order valence-corrected chi connectivity index (χ3v) is 5.60. The zero-order valence-corrected chi connectivity index (χ0v) is 13.4. The van der Waals surface area contributed by atoms with E-state index in [1.165, 1.54) is 32.1 Å². The van der Waals surface area contributed by atoms with Gasteiger partial charge in [-0.05, 0) is 24.0 Å². The van der Waals surface area contributed by atoms with E-state index in [9.17, 15) is 8.42 Å². The molecule has 1 aliphatic carbocycles. The molecule has 0 radical (unpaired) electrons. The Hall–Kier alpha value is -1.56. The molecule has 0 atom stereocenters. The van der Waals surface area contributed by atoms with E-state index in [1.807, 2.05) is 12.1 Å². The zero-order chi connectivity index (χ0) is 15.6. The van der Waals surface area contributed by atoms with Gasteiger partial charge in [0.1, 0.15) is 11.6 Å². The summed E-state index contributed by atoms with van der Waals surface area (Å²) in [5.74, 6) is 1.32. The third kappa shape index (κ3) is 3.43. The molecule has 22 heavy (non-hydrogen) atoms.